The topological polar surface area (TPSA) is 59.6 Å². The van der Waals surface area contributed by atoms with Crippen molar-refractivity contribution in [3.05, 3.63) is 22.7 Å². The van der Waals surface area contributed by atoms with Crippen LogP contribution in [0.3, 0.4) is 0 Å². The fourth-order valence-electron chi connectivity index (χ4n) is 2.51. The molecule has 1 unspecified atom stereocenters. The quantitative estimate of drug-likeness (QED) is 0.874. The van der Waals surface area contributed by atoms with Crippen molar-refractivity contribution in [2.75, 3.05) is 31.3 Å². The highest BCUT2D eigenvalue weighted by Crippen LogP contribution is 2.38. The molecule has 0 aromatic heterocycles. The van der Waals surface area contributed by atoms with Crippen LogP contribution >= 0.6 is 23.4 Å². The molecule has 120 valence electrons. The van der Waals surface area contributed by atoms with Gasteiger partial charge in [-0.15, -0.1) is 0 Å². The highest BCUT2D eigenvalue weighted by molar-refractivity contribution is 7.99. The Morgan fingerprint density at radius 3 is 3.09 bits per heavy atom. The van der Waals surface area contributed by atoms with Gasteiger partial charge < -0.3 is 20.1 Å². The monoisotopic (exact) mass is 342 g/mol. The standard InChI is InChI=1S/C15H19ClN2O3S/c16-12-5-10(6-13-15(12)21-3-2-20-13)8-18-14(19)7-11-9-22-4-1-17-11/h5-6,11,17H,1-4,7-9H2,(H,18,19). The largest absolute Gasteiger partial charge is 0.486 e. The molecule has 2 aliphatic heterocycles. The summed E-state index contributed by atoms with van der Waals surface area (Å²) in [5.74, 6) is 3.39. The average Bonchev–Trinajstić information content (AvgIpc) is 2.54. The van der Waals surface area contributed by atoms with Gasteiger partial charge in [-0.05, 0) is 17.7 Å². The summed E-state index contributed by atoms with van der Waals surface area (Å²) in [4.78, 5) is 12.0. The highest BCUT2D eigenvalue weighted by atomic mass is 35.5. The van der Waals surface area contributed by atoms with Crippen LogP contribution in [0.25, 0.3) is 0 Å². The molecule has 22 heavy (non-hydrogen) atoms. The van der Waals surface area contributed by atoms with Crippen LogP contribution in [0.2, 0.25) is 5.02 Å². The summed E-state index contributed by atoms with van der Waals surface area (Å²) < 4.78 is 11.0. The van der Waals surface area contributed by atoms with Gasteiger partial charge in [-0.3, -0.25) is 4.79 Å². The van der Waals surface area contributed by atoms with E-state index in [1.165, 1.54) is 0 Å². The predicted octanol–water partition coefficient (Wildman–Crippen LogP) is 1.82. The zero-order valence-electron chi connectivity index (χ0n) is 12.2. The number of carbonyl (C=O) groups excluding carboxylic acids is 1. The van der Waals surface area contributed by atoms with E-state index in [0.29, 0.717) is 42.7 Å². The lowest BCUT2D eigenvalue weighted by atomic mass is 10.1. The molecule has 0 spiro atoms. The number of hydrogen-bond donors (Lipinski definition) is 2. The first kappa shape index (κ1) is 15.8. The van der Waals surface area contributed by atoms with Crippen molar-refractivity contribution in [2.45, 2.75) is 19.0 Å². The van der Waals surface area contributed by atoms with E-state index in [0.717, 1.165) is 23.6 Å². The second-order valence-electron chi connectivity index (χ2n) is 5.31. The van der Waals surface area contributed by atoms with Gasteiger partial charge in [-0.2, -0.15) is 11.8 Å². The molecule has 5 nitrogen and oxygen atoms in total. The van der Waals surface area contributed by atoms with Gasteiger partial charge in [0.25, 0.3) is 0 Å². The molecule has 2 heterocycles. The van der Waals surface area contributed by atoms with Gasteiger partial charge in [0.15, 0.2) is 11.5 Å². The van der Waals surface area contributed by atoms with Crippen molar-refractivity contribution >= 4 is 29.3 Å². The molecule has 3 rings (SSSR count). The Balaban J connectivity index is 1.54. The van der Waals surface area contributed by atoms with Gasteiger partial charge in [0.2, 0.25) is 5.91 Å². The van der Waals surface area contributed by atoms with Crippen molar-refractivity contribution in [1.29, 1.82) is 0 Å². The summed E-state index contributed by atoms with van der Waals surface area (Å²) >= 11 is 8.07. The van der Waals surface area contributed by atoms with Gasteiger partial charge in [-0.25, -0.2) is 0 Å². The second kappa shape index (κ2) is 7.44. The molecule has 2 N–H and O–H groups in total. The molecular formula is C15H19ClN2O3S. The minimum absolute atomic E-state index is 0.0472. The highest BCUT2D eigenvalue weighted by Gasteiger charge is 2.18. The lowest BCUT2D eigenvalue weighted by Gasteiger charge is -2.23. The molecule has 2 aliphatic rings. The molecule has 1 aromatic carbocycles. The summed E-state index contributed by atoms with van der Waals surface area (Å²) in [6.45, 7) is 2.44. The zero-order chi connectivity index (χ0) is 15.4. The number of nitrogens with one attached hydrogen (secondary N) is 2. The lowest BCUT2D eigenvalue weighted by molar-refractivity contribution is -0.121. The molecule has 0 radical (unpaired) electrons. The molecule has 1 atom stereocenters. The number of carbonyl (C=O) groups is 1. The van der Waals surface area contributed by atoms with Crippen molar-refractivity contribution < 1.29 is 14.3 Å². The fourth-order valence-corrected chi connectivity index (χ4v) is 3.75. The molecule has 1 amide bonds. The number of hydrogen-bond acceptors (Lipinski definition) is 5. The summed E-state index contributed by atoms with van der Waals surface area (Å²) in [7, 11) is 0. The van der Waals surface area contributed by atoms with Crippen LogP contribution in [-0.2, 0) is 11.3 Å². The number of halogens is 1. The smallest absolute Gasteiger partial charge is 0.221 e. The van der Waals surface area contributed by atoms with Gasteiger partial charge in [0.05, 0.1) is 5.02 Å². The van der Waals surface area contributed by atoms with Crippen molar-refractivity contribution in [3.63, 3.8) is 0 Å². The maximum atomic E-state index is 12.0. The van der Waals surface area contributed by atoms with E-state index in [1.807, 2.05) is 23.9 Å². The third-order valence-electron chi connectivity index (χ3n) is 3.58. The van der Waals surface area contributed by atoms with Crippen molar-refractivity contribution in [2.24, 2.45) is 0 Å². The first-order valence-electron chi connectivity index (χ1n) is 7.38. The lowest BCUT2D eigenvalue weighted by Crippen LogP contribution is -2.41. The normalized spacial score (nSPS) is 20.5. The third kappa shape index (κ3) is 4.00. The number of ether oxygens (including phenoxy) is 2. The zero-order valence-corrected chi connectivity index (χ0v) is 13.8. The van der Waals surface area contributed by atoms with Gasteiger partial charge >= 0.3 is 0 Å². The number of amides is 1. The molecule has 7 heteroatoms. The summed E-state index contributed by atoms with van der Waals surface area (Å²) in [6.07, 6.45) is 0.505. The number of rotatable bonds is 4. The minimum Gasteiger partial charge on any atom is -0.486 e. The van der Waals surface area contributed by atoms with Crippen LogP contribution < -0.4 is 20.1 Å². The Morgan fingerprint density at radius 2 is 2.27 bits per heavy atom. The number of thioether (sulfide) groups is 1. The maximum Gasteiger partial charge on any atom is 0.221 e. The third-order valence-corrected chi connectivity index (χ3v) is 4.99. The molecule has 0 bridgehead atoms. The van der Waals surface area contributed by atoms with Crippen LogP contribution in [0, 0.1) is 0 Å². The van der Waals surface area contributed by atoms with Crippen LogP contribution in [0.1, 0.15) is 12.0 Å². The Hall–Kier alpha value is -1.11. The predicted molar refractivity (Wildman–Crippen MR) is 88.0 cm³/mol. The van der Waals surface area contributed by atoms with E-state index in [1.54, 1.807) is 0 Å². The Labute approximate surface area is 139 Å². The Morgan fingerprint density at radius 1 is 1.41 bits per heavy atom. The minimum atomic E-state index is 0.0472. The van der Waals surface area contributed by atoms with E-state index in [4.69, 9.17) is 21.1 Å². The van der Waals surface area contributed by atoms with Crippen LogP contribution in [0.15, 0.2) is 12.1 Å². The van der Waals surface area contributed by atoms with E-state index in [-0.39, 0.29) is 11.9 Å². The van der Waals surface area contributed by atoms with E-state index in [9.17, 15) is 4.79 Å². The fraction of sp³-hybridized carbons (Fsp3) is 0.533. The maximum absolute atomic E-state index is 12.0. The van der Waals surface area contributed by atoms with Gasteiger partial charge in [-0.1, -0.05) is 11.6 Å². The summed E-state index contributed by atoms with van der Waals surface area (Å²) in [5, 5.41) is 6.82. The molecule has 1 aromatic rings. The van der Waals surface area contributed by atoms with Gasteiger partial charge in [0.1, 0.15) is 13.2 Å². The van der Waals surface area contributed by atoms with Crippen molar-refractivity contribution in [1.82, 2.24) is 10.6 Å². The molecule has 0 saturated carbocycles. The average molecular weight is 343 g/mol. The molecular weight excluding hydrogens is 324 g/mol. The Kier molecular flexibility index (Phi) is 5.33. The Bertz CT molecular complexity index is 550. The van der Waals surface area contributed by atoms with Crippen LogP contribution in [0.4, 0.5) is 0 Å². The summed E-state index contributed by atoms with van der Waals surface area (Å²) in [5.41, 5.74) is 0.911. The van der Waals surface area contributed by atoms with Crippen LogP contribution in [0.5, 0.6) is 11.5 Å². The first-order valence-corrected chi connectivity index (χ1v) is 8.91. The van der Waals surface area contributed by atoms with Crippen LogP contribution in [-0.4, -0.2) is 43.2 Å². The van der Waals surface area contributed by atoms with Gasteiger partial charge in [0, 0.05) is 37.1 Å². The number of fused-ring (bicyclic) bond motifs is 1. The van der Waals surface area contributed by atoms with Crippen molar-refractivity contribution in [3.8, 4) is 11.5 Å². The van der Waals surface area contributed by atoms with E-state index < -0.39 is 0 Å². The SMILES string of the molecule is O=C(CC1CSCCN1)NCc1cc(Cl)c2c(c1)OCCO2. The molecule has 1 fully saturated rings. The second-order valence-corrected chi connectivity index (χ2v) is 6.87. The molecule has 1 saturated heterocycles. The van der Waals surface area contributed by atoms with E-state index >= 15 is 0 Å². The summed E-state index contributed by atoms with van der Waals surface area (Å²) in [6, 6.07) is 3.95. The molecule has 0 aliphatic carbocycles. The first-order chi connectivity index (χ1) is 10.7. The van der Waals surface area contributed by atoms with E-state index in [2.05, 4.69) is 10.6 Å². The number of benzene rings is 1.